The van der Waals surface area contributed by atoms with Crippen LogP contribution < -0.4 is 10.5 Å². The molecule has 0 aliphatic carbocycles. The van der Waals surface area contributed by atoms with Crippen molar-refractivity contribution in [2.45, 2.75) is 20.3 Å². The lowest BCUT2D eigenvalue weighted by Gasteiger charge is -2.11. The van der Waals surface area contributed by atoms with Crippen LogP contribution in [0.1, 0.15) is 16.7 Å². The zero-order chi connectivity index (χ0) is 13.8. The molecule has 0 aliphatic rings. The Morgan fingerprint density at radius 1 is 1.05 bits per heavy atom. The monoisotopic (exact) mass is 319 g/mol. The molecule has 0 bridgehead atoms. The molecule has 0 radical (unpaired) electrons. The lowest BCUT2D eigenvalue weighted by Crippen LogP contribution is -2.04. The summed E-state index contributed by atoms with van der Waals surface area (Å²) in [5.74, 6) is 1.75. The molecule has 0 aliphatic heterocycles. The van der Waals surface area contributed by atoms with Gasteiger partial charge in [0.15, 0.2) is 0 Å². The third kappa shape index (κ3) is 3.58. The first-order valence-corrected chi connectivity index (χ1v) is 7.13. The number of aryl methyl sites for hydroxylation is 2. The molecule has 0 heterocycles. The summed E-state index contributed by atoms with van der Waals surface area (Å²) in [6.45, 7) is 4.80. The molecular formula is C16H18BrNO. The molecule has 2 nitrogen and oxygen atoms in total. The number of halogens is 1. The summed E-state index contributed by atoms with van der Waals surface area (Å²) in [6, 6.07) is 12.2. The van der Waals surface area contributed by atoms with Crippen LogP contribution in [0.25, 0.3) is 0 Å². The maximum absolute atomic E-state index is 5.93. The van der Waals surface area contributed by atoms with Gasteiger partial charge in [0.2, 0.25) is 0 Å². The molecule has 0 spiro atoms. The topological polar surface area (TPSA) is 35.2 Å². The molecule has 0 atom stereocenters. The van der Waals surface area contributed by atoms with Crippen molar-refractivity contribution in [2.75, 3.05) is 6.54 Å². The summed E-state index contributed by atoms with van der Waals surface area (Å²) >= 11 is 3.45. The highest BCUT2D eigenvalue weighted by Gasteiger charge is 2.04. The minimum absolute atomic E-state index is 0.673. The predicted octanol–water partition coefficient (Wildman–Crippen LogP) is 4.36. The zero-order valence-electron chi connectivity index (χ0n) is 11.2. The fraction of sp³-hybridized carbons (Fsp3) is 0.250. The Morgan fingerprint density at radius 3 is 2.47 bits per heavy atom. The molecule has 2 aromatic rings. The van der Waals surface area contributed by atoms with E-state index in [0.717, 1.165) is 28.0 Å². The maximum atomic E-state index is 5.93. The van der Waals surface area contributed by atoms with Gasteiger partial charge in [0, 0.05) is 4.47 Å². The molecule has 0 fully saturated rings. The van der Waals surface area contributed by atoms with Crippen molar-refractivity contribution in [1.29, 1.82) is 0 Å². The minimum atomic E-state index is 0.673. The van der Waals surface area contributed by atoms with Crippen molar-refractivity contribution < 1.29 is 4.74 Å². The number of hydrogen-bond acceptors (Lipinski definition) is 2. The smallest absolute Gasteiger partial charge is 0.130 e. The van der Waals surface area contributed by atoms with Crippen molar-refractivity contribution in [1.82, 2.24) is 0 Å². The van der Waals surface area contributed by atoms with E-state index in [-0.39, 0.29) is 0 Å². The average molecular weight is 320 g/mol. The van der Waals surface area contributed by atoms with Gasteiger partial charge < -0.3 is 10.5 Å². The van der Waals surface area contributed by atoms with Crippen LogP contribution in [0, 0.1) is 13.8 Å². The van der Waals surface area contributed by atoms with Crippen molar-refractivity contribution in [3.63, 3.8) is 0 Å². The second-order valence-corrected chi connectivity index (χ2v) is 5.55. The Kier molecular flexibility index (Phi) is 4.61. The van der Waals surface area contributed by atoms with E-state index in [9.17, 15) is 0 Å². The summed E-state index contributed by atoms with van der Waals surface area (Å²) in [6.07, 6.45) is 0.906. The number of hydrogen-bond donors (Lipinski definition) is 1. The molecule has 0 unspecified atom stereocenters. The molecule has 0 amide bonds. The lowest BCUT2D eigenvalue weighted by molar-refractivity contribution is 0.478. The first kappa shape index (κ1) is 14.1. The molecule has 19 heavy (non-hydrogen) atoms. The highest BCUT2D eigenvalue weighted by molar-refractivity contribution is 9.10. The Balaban J connectivity index is 2.21. The quantitative estimate of drug-likeness (QED) is 0.908. The molecule has 100 valence electrons. The first-order valence-electron chi connectivity index (χ1n) is 6.34. The van der Waals surface area contributed by atoms with E-state index in [1.54, 1.807) is 0 Å². The summed E-state index contributed by atoms with van der Waals surface area (Å²) in [7, 11) is 0. The van der Waals surface area contributed by atoms with Gasteiger partial charge in [0.1, 0.15) is 11.5 Å². The molecule has 2 N–H and O–H groups in total. The van der Waals surface area contributed by atoms with Gasteiger partial charge in [0.05, 0.1) is 0 Å². The van der Waals surface area contributed by atoms with Gasteiger partial charge in [-0.3, -0.25) is 0 Å². The Morgan fingerprint density at radius 2 is 1.84 bits per heavy atom. The van der Waals surface area contributed by atoms with Gasteiger partial charge in [-0.05, 0) is 73.8 Å². The van der Waals surface area contributed by atoms with Gasteiger partial charge in [-0.25, -0.2) is 0 Å². The van der Waals surface area contributed by atoms with E-state index < -0.39 is 0 Å². The van der Waals surface area contributed by atoms with Gasteiger partial charge in [-0.15, -0.1) is 0 Å². The third-order valence-corrected chi connectivity index (χ3v) is 3.59. The van der Waals surface area contributed by atoms with E-state index in [0.29, 0.717) is 6.54 Å². The zero-order valence-corrected chi connectivity index (χ0v) is 12.8. The van der Waals surface area contributed by atoms with Crippen LogP contribution in [0.5, 0.6) is 11.5 Å². The van der Waals surface area contributed by atoms with Crippen LogP contribution in [-0.2, 0) is 6.42 Å². The molecule has 3 heteroatoms. The third-order valence-electron chi connectivity index (χ3n) is 3.09. The summed E-state index contributed by atoms with van der Waals surface area (Å²) in [4.78, 5) is 0. The summed E-state index contributed by atoms with van der Waals surface area (Å²) in [5, 5.41) is 0. The highest BCUT2D eigenvalue weighted by atomic mass is 79.9. The minimum Gasteiger partial charge on any atom is -0.457 e. The van der Waals surface area contributed by atoms with Crippen LogP contribution in [0.2, 0.25) is 0 Å². The maximum Gasteiger partial charge on any atom is 0.130 e. The van der Waals surface area contributed by atoms with Crippen LogP contribution in [-0.4, -0.2) is 6.54 Å². The molecule has 0 saturated heterocycles. The normalized spacial score (nSPS) is 10.5. The number of rotatable bonds is 4. The summed E-state index contributed by atoms with van der Waals surface area (Å²) in [5.41, 5.74) is 9.20. The molecule has 2 aromatic carbocycles. The fourth-order valence-corrected chi connectivity index (χ4v) is 2.50. The standard InChI is InChI=1S/C16H18BrNO/c1-11-10-15(5-3-13(11)7-8-18)19-16-6-4-14(17)9-12(16)2/h3-6,9-10H,7-8,18H2,1-2H3. The average Bonchev–Trinajstić information content (AvgIpc) is 2.36. The van der Waals surface area contributed by atoms with Gasteiger partial charge in [0.25, 0.3) is 0 Å². The SMILES string of the molecule is Cc1cc(Oc2ccc(Br)cc2C)ccc1CCN. The molecule has 0 saturated carbocycles. The number of ether oxygens (including phenoxy) is 1. The van der Waals surface area contributed by atoms with Crippen LogP contribution in [0.4, 0.5) is 0 Å². The van der Waals surface area contributed by atoms with Gasteiger partial charge >= 0.3 is 0 Å². The highest BCUT2D eigenvalue weighted by Crippen LogP contribution is 2.28. The van der Waals surface area contributed by atoms with Crippen LogP contribution >= 0.6 is 15.9 Å². The summed E-state index contributed by atoms with van der Waals surface area (Å²) < 4.78 is 6.99. The number of nitrogens with two attached hydrogens (primary N) is 1. The second-order valence-electron chi connectivity index (χ2n) is 4.64. The van der Waals surface area contributed by atoms with Crippen molar-refractivity contribution in [3.8, 4) is 11.5 Å². The molecular weight excluding hydrogens is 302 g/mol. The molecule has 0 aromatic heterocycles. The molecule has 2 rings (SSSR count). The van der Waals surface area contributed by atoms with E-state index in [2.05, 4.69) is 35.0 Å². The second kappa shape index (κ2) is 6.22. The predicted molar refractivity (Wildman–Crippen MR) is 82.9 cm³/mol. The van der Waals surface area contributed by atoms with Crippen LogP contribution in [0.3, 0.4) is 0 Å². The fourth-order valence-electron chi connectivity index (χ4n) is 2.02. The number of benzene rings is 2. The Labute approximate surface area is 122 Å². The first-order chi connectivity index (χ1) is 9.10. The van der Waals surface area contributed by atoms with E-state index in [1.807, 2.05) is 31.2 Å². The van der Waals surface area contributed by atoms with E-state index in [1.165, 1.54) is 11.1 Å². The van der Waals surface area contributed by atoms with Gasteiger partial charge in [-0.2, -0.15) is 0 Å². The van der Waals surface area contributed by atoms with Crippen molar-refractivity contribution in [3.05, 3.63) is 57.6 Å². The van der Waals surface area contributed by atoms with E-state index >= 15 is 0 Å². The van der Waals surface area contributed by atoms with Crippen molar-refractivity contribution >= 4 is 15.9 Å². The van der Waals surface area contributed by atoms with E-state index in [4.69, 9.17) is 10.5 Å². The van der Waals surface area contributed by atoms with Crippen molar-refractivity contribution in [2.24, 2.45) is 5.73 Å². The van der Waals surface area contributed by atoms with Crippen LogP contribution in [0.15, 0.2) is 40.9 Å². The largest absolute Gasteiger partial charge is 0.457 e. The Hall–Kier alpha value is -1.32. The lowest BCUT2D eigenvalue weighted by atomic mass is 10.1. The Bertz CT molecular complexity index is 581. The van der Waals surface area contributed by atoms with Gasteiger partial charge in [-0.1, -0.05) is 22.0 Å².